The number of morpholine rings is 1. The van der Waals surface area contributed by atoms with Crippen LogP contribution in [0.3, 0.4) is 0 Å². The van der Waals surface area contributed by atoms with Crippen molar-refractivity contribution in [2.24, 2.45) is 7.05 Å². The summed E-state index contributed by atoms with van der Waals surface area (Å²) in [7, 11) is 1.86. The third-order valence-corrected chi connectivity index (χ3v) is 4.46. The van der Waals surface area contributed by atoms with E-state index < -0.39 is 0 Å². The Labute approximate surface area is 134 Å². The second-order valence-corrected chi connectivity index (χ2v) is 5.99. The second kappa shape index (κ2) is 5.66. The molecular weight excluding hydrogens is 294 g/mol. The van der Waals surface area contributed by atoms with Crippen molar-refractivity contribution in [3.05, 3.63) is 42.6 Å². The van der Waals surface area contributed by atoms with Gasteiger partial charge in [-0.3, -0.25) is 4.79 Å². The molecule has 0 bridgehead atoms. The van der Waals surface area contributed by atoms with Crippen LogP contribution in [0.1, 0.15) is 10.5 Å². The molecule has 2 fully saturated rings. The van der Waals surface area contributed by atoms with Gasteiger partial charge in [-0.2, -0.15) is 0 Å². The van der Waals surface area contributed by atoms with E-state index in [1.165, 1.54) is 0 Å². The third kappa shape index (κ3) is 2.57. The highest BCUT2D eigenvalue weighted by Gasteiger charge is 2.42. The molecule has 7 nitrogen and oxygen atoms in total. The number of hydrogen-bond acceptors (Lipinski definition) is 5. The summed E-state index contributed by atoms with van der Waals surface area (Å²) in [5.74, 6) is 0.905. The highest BCUT2D eigenvalue weighted by molar-refractivity contribution is 5.92. The van der Waals surface area contributed by atoms with Crippen LogP contribution in [0.2, 0.25) is 0 Å². The lowest BCUT2D eigenvalue weighted by Gasteiger charge is -2.37. The Kier molecular flexibility index (Phi) is 3.49. The fourth-order valence-corrected chi connectivity index (χ4v) is 3.35. The Bertz CT molecular complexity index is 702. The normalized spacial score (nSPS) is 23.9. The van der Waals surface area contributed by atoms with Crippen molar-refractivity contribution in [2.45, 2.75) is 12.1 Å². The van der Waals surface area contributed by atoms with Crippen molar-refractivity contribution in [3.8, 4) is 0 Å². The quantitative estimate of drug-likeness (QED) is 0.810. The van der Waals surface area contributed by atoms with Crippen molar-refractivity contribution in [3.63, 3.8) is 0 Å². The molecule has 23 heavy (non-hydrogen) atoms. The van der Waals surface area contributed by atoms with E-state index in [1.54, 1.807) is 23.3 Å². The molecule has 0 N–H and O–H groups in total. The predicted octanol–water partition coefficient (Wildman–Crippen LogP) is 0.545. The van der Waals surface area contributed by atoms with Crippen LogP contribution < -0.4 is 4.90 Å². The largest absolute Gasteiger partial charge is 0.372 e. The van der Waals surface area contributed by atoms with E-state index in [-0.39, 0.29) is 18.1 Å². The molecule has 2 atom stereocenters. The molecule has 2 aromatic rings. The van der Waals surface area contributed by atoms with E-state index in [1.807, 2.05) is 30.1 Å². The number of ether oxygens (including phenoxy) is 1. The van der Waals surface area contributed by atoms with Gasteiger partial charge in [0, 0.05) is 39.1 Å². The zero-order valence-electron chi connectivity index (χ0n) is 13.0. The summed E-state index contributed by atoms with van der Waals surface area (Å²) in [4.78, 5) is 25.3. The predicted molar refractivity (Wildman–Crippen MR) is 84.2 cm³/mol. The number of pyridine rings is 1. The summed E-state index contributed by atoms with van der Waals surface area (Å²) in [5, 5.41) is 0. The fourth-order valence-electron chi connectivity index (χ4n) is 3.35. The summed E-state index contributed by atoms with van der Waals surface area (Å²) in [5.41, 5.74) is 0.482. The van der Waals surface area contributed by atoms with Gasteiger partial charge in [0.25, 0.3) is 5.91 Å². The number of rotatable bonds is 2. The Hall–Kier alpha value is -2.41. The number of aryl methyl sites for hydroxylation is 1. The molecule has 2 saturated heterocycles. The molecule has 2 aromatic heterocycles. The zero-order valence-corrected chi connectivity index (χ0v) is 13.0. The van der Waals surface area contributed by atoms with Crippen molar-refractivity contribution in [2.75, 3.05) is 31.1 Å². The Morgan fingerprint density at radius 3 is 2.96 bits per heavy atom. The number of hydrogen-bond donors (Lipinski definition) is 0. The lowest BCUT2D eigenvalue weighted by molar-refractivity contribution is 0.0299. The third-order valence-electron chi connectivity index (χ3n) is 4.46. The molecular formula is C16H19N5O2. The van der Waals surface area contributed by atoms with E-state index in [4.69, 9.17) is 4.74 Å². The van der Waals surface area contributed by atoms with E-state index in [0.717, 1.165) is 12.4 Å². The molecule has 0 radical (unpaired) electrons. The van der Waals surface area contributed by atoms with Crippen LogP contribution >= 0.6 is 0 Å². The zero-order chi connectivity index (χ0) is 15.8. The van der Waals surface area contributed by atoms with Crippen LogP contribution in [0.4, 0.5) is 5.82 Å². The molecule has 1 amide bonds. The minimum Gasteiger partial charge on any atom is -0.372 e. The molecule has 0 aliphatic carbocycles. The van der Waals surface area contributed by atoms with Crippen molar-refractivity contribution in [1.29, 1.82) is 0 Å². The molecule has 4 rings (SSSR count). The van der Waals surface area contributed by atoms with Gasteiger partial charge in [-0.1, -0.05) is 6.07 Å². The lowest BCUT2D eigenvalue weighted by Crippen LogP contribution is -2.51. The van der Waals surface area contributed by atoms with Gasteiger partial charge >= 0.3 is 0 Å². The highest BCUT2D eigenvalue weighted by Crippen LogP contribution is 2.27. The number of likely N-dealkylation sites (tertiary alicyclic amines) is 1. The summed E-state index contributed by atoms with van der Waals surface area (Å²) in [6, 6.07) is 6.04. The van der Waals surface area contributed by atoms with Crippen molar-refractivity contribution in [1.82, 2.24) is 19.4 Å². The average molecular weight is 313 g/mol. The molecule has 0 spiro atoms. The Balaban J connectivity index is 1.54. The summed E-state index contributed by atoms with van der Waals surface area (Å²) in [6.45, 7) is 2.69. The number of aromatic nitrogens is 3. The Morgan fingerprint density at radius 2 is 2.22 bits per heavy atom. The maximum absolute atomic E-state index is 12.6. The molecule has 0 saturated carbocycles. The smallest absolute Gasteiger partial charge is 0.274 e. The van der Waals surface area contributed by atoms with Crippen molar-refractivity contribution >= 4 is 11.7 Å². The van der Waals surface area contributed by atoms with E-state index in [9.17, 15) is 4.79 Å². The molecule has 7 heteroatoms. The maximum atomic E-state index is 12.6. The minimum absolute atomic E-state index is 0.0263. The molecule has 0 aromatic carbocycles. The van der Waals surface area contributed by atoms with Crippen LogP contribution in [0.5, 0.6) is 0 Å². The monoisotopic (exact) mass is 313 g/mol. The topological polar surface area (TPSA) is 63.5 Å². The first-order chi connectivity index (χ1) is 11.2. The van der Waals surface area contributed by atoms with Gasteiger partial charge in [-0.15, -0.1) is 0 Å². The van der Waals surface area contributed by atoms with Crippen LogP contribution in [-0.4, -0.2) is 63.7 Å². The summed E-state index contributed by atoms with van der Waals surface area (Å²) < 4.78 is 7.67. The standard InChI is InChI=1S/C16H19N5O2/c1-19-8-12(18-11-19)16(22)20-9-13-14(10-20)23-7-6-21(13)15-4-2-3-5-17-15/h2-5,8,11,13-14H,6-7,9-10H2,1H3/t13-,14-/m0/s1. The maximum Gasteiger partial charge on any atom is 0.274 e. The summed E-state index contributed by atoms with van der Waals surface area (Å²) >= 11 is 0. The van der Waals surface area contributed by atoms with Gasteiger partial charge in [0.15, 0.2) is 0 Å². The molecule has 4 heterocycles. The van der Waals surface area contributed by atoms with Crippen molar-refractivity contribution < 1.29 is 9.53 Å². The highest BCUT2D eigenvalue weighted by atomic mass is 16.5. The molecule has 2 aliphatic rings. The fraction of sp³-hybridized carbons (Fsp3) is 0.438. The first kappa shape index (κ1) is 14.2. The van der Waals surface area contributed by atoms with Gasteiger partial charge in [-0.25, -0.2) is 9.97 Å². The van der Waals surface area contributed by atoms with Crippen LogP contribution in [-0.2, 0) is 11.8 Å². The lowest BCUT2D eigenvalue weighted by atomic mass is 10.1. The van der Waals surface area contributed by atoms with Crippen LogP contribution in [0, 0.1) is 0 Å². The van der Waals surface area contributed by atoms with E-state index in [2.05, 4.69) is 14.9 Å². The number of anilines is 1. The second-order valence-electron chi connectivity index (χ2n) is 5.99. The van der Waals surface area contributed by atoms with E-state index in [0.29, 0.717) is 25.4 Å². The van der Waals surface area contributed by atoms with Gasteiger partial charge in [-0.05, 0) is 12.1 Å². The van der Waals surface area contributed by atoms with Gasteiger partial charge < -0.3 is 19.1 Å². The molecule has 0 unspecified atom stereocenters. The number of fused-ring (bicyclic) bond motifs is 1. The number of nitrogens with zero attached hydrogens (tertiary/aromatic N) is 5. The van der Waals surface area contributed by atoms with Gasteiger partial charge in [0.1, 0.15) is 11.5 Å². The van der Waals surface area contributed by atoms with Gasteiger partial charge in [0.2, 0.25) is 0 Å². The minimum atomic E-state index is -0.0374. The number of carbonyl (C=O) groups is 1. The number of carbonyl (C=O) groups excluding carboxylic acids is 1. The van der Waals surface area contributed by atoms with E-state index >= 15 is 0 Å². The Morgan fingerprint density at radius 1 is 1.30 bits per heavy atom. The van der Waals surface area contributed by atoms with Crippen LogP contribution in [0.25, 0.3) is 0 Å². The number of amides is 1. The number of imidazole rings is 1. The molecule has 120 valence electrons. The SMILES string of the molecule is Cn1cnc(C(=O)N2C[C@@H]3OCCN(c4ccccn4)[C@H]3C2)c1. The first-order valence-corrected chi connectivity index (χ1v) is 7.79. The summed E-state index contributed by atoms with van der Waals surface area (Å²) in [6.07, 6.45) is 5.22. The first-order valence-electron chi connectivity index (χ1n) is 7.79. The van der Waals surface area contributed by atoms with Crippen LogP contribution in [0.15, 0.2) is 36.9 Å². The molecule has 2 aliphatic heterocycles. The average Bonchev–Trinajstić information content (AvgIpc) is 3.20. The van der Waals surface area contributed by atoms with Gasteiger partial charge in [0.05, 0.1) is 25.1 Å².